The van der Waals surface area contributed by atoms with Crippen molar-refractivity contribution >= 4 is 17.1 Å². The molecule has 0 unspecified atom stereocenters. The molecule has 2 heterocycles. The molecule has 0 saturated carbocycles. The van der Waals surface area contributed by atoms with Crippen LogP contribution in [-0.2, 0) is 0 Å². The Morgan fingerprint density at radius 2 is 2.06 bits per heavy atom. The van der Waals surface area contributed by atoms with Gasteiger partial charge in [-0.25, -0.2) is 4.98 Å². The third-order valence-electron chi connectivity index (χ3n) is 2.83. The number of hydrogen-bond donors (Lipinski definition) is 0. The summed E-state index contributed by atoms with van der Waals surface area (Å²) >= 11 is 6.14. The Bertz CT molecular complexity index is 706. The molecule has 0 amide bonds. The number of hydrogen-bond acceptors (Lipinski definition) is 2. The van der Waals surface area contributed by atoms with Crippen molar-refractivity contribution in [3.63, 3.8) is 0 Å². The number of nitrogens with zero attached hydrogens (tertiary/aromatic N) is 2. The van der Waals surface area contributed by atoms with Gasteiger partial charge in [-0.1, -0.05) is 29.8 Å². The number of benzene rings is 1. The van der Waals surface area contributed by atoms with Crippen LogP contribution in [-0.4, -0.2) is 16.5 Å². The lowest BCUT2D eigenvalue weighted by molar-refractivity contribution is 0.415. The Labute approximate surface area is 110 Å². The van der Waals surface area contributed by atoms with E-state index in [-0.39, 0.29) is 0 Å². The SMILES string of the molecule is COc1cccc(-c2nc(Cl)c3ccccn23)c1. The monoisotopic (exact) mass is 258 g/mol. The van der Waals surface area contributed by atoms with E-state index in [1.807, 2.05) is 53.1 Å². The van der Waals surface area contributed by atoms with Gasteiger partial charge in [0, 0.05) is 11.8 Å². The van der Waals surface area contributed by atoms with Crippen molar-refractivity contribution in [2.45, 2.75) is 0 Å². The van der Waals surface area contributed by atoms with Crippen molar-refractivity contribution in [3.8, 4) is 17.1 Å². The molecule has 3 nitrogen and oxygen atoms in total. The fraction of sp³-hybridized carbons (Fsp3) is 0.0714. The van der Waals surface area contributed by atoms with Crippen molar-refractivity contribution in [1.29, 1.82) is 0 Å². The number of fused-ring (bicyclic) bond motifs is 1. The molecular formula is C14H11ClN2O. The second kappa shape index (κ2) is 4.35. The first-order valence-electron chi connectivity index (χ1n) is 5.56. The fourth-order valence-electron chi connectivity index (χ4n) is 1.97. The number of ether oxygens (including phenoxy) is 1. The van der Waals surface area contributed by atoms with Crippen LogP contribution in [0.15, 0.2) is 48.7 Å². The number of halogens is 1. The van der Waals surface area contributed by atoms with E-state index in [9.17, 15) is 0 Å². The number of methoxy groups -OCH3 is 1. The Morgan fingerprint density at radius 1 is 1.17 bits per heavy atom. The van der Waals surface area contributed by atoms with Crippen molar-refractivity contribution < 1.29 is 4.74 Å². The van der Waals surface area contributed by atoms with Crippen molar-refractivity contribution in [1.82, 2.24) is 9.38 Å². The maximum absolute atomic E-state index is 6.14. The summed E-state index contributed by atoms with van der Waals surface area (Å²) in [6.07, 6.45) is 1.95. The summed E-state index contributed by atoms with van der Waals surface area (Å²) in [4.78, 5) is 4.41. The third kappa shape index (κ3) is 1.73. The molecule has 1 aromatic carbocycles. The Hall–Kier alpha value is -2.00. The molecular weight excluding hydrogens is 248 g/mol. The predicted molar refractivity (Wildman–Crippen MR) is 72.2 cm³/mol. The first kappa shape index (κ1) is 11.1. The van der Waals surface area contributed by atoms with Crippen LogP contribution in [0, 0.1) is 0 Å². The average molecular weight is 259 g/mol. The van der Waals surface area contributed by atoms with Gasteiger partial charge in [0.1, 0.15) is 11.6 Å². The summed E-state index contributed by atoms with van der Waals surface area (Å²) in [6, 6.07) is 13.6. The van der Waals surface area contributed by atoms with E-state index in [2.05, 4.69) is 4.98 Å². The minimum atomic E-state index is 0.508. The molecule has 2 aromatic heterocycles. The number of aromatic nitrogens is 2. The van der Waals surface area contributed by atoms with Crippen molar-refractivity contribution in [3.05, 3.63) is 53.8 Å². The fourth-order valence-corrected chi connectivity index (χ4v) is 2.20. The zero-order valence-corrected chi connectivity index (χ0v) is 10.6. The molecule has 0 fully saturated rings. The molecule has 0 aliphatic heterocycles. The summed E-state index contributed by atoms with van der Waals surface area (Å²) < 4.78 is 7.19. The van der Waals surface area contributed by atoms with Gasteiger partial charge in [-0.2, -0.15) is 0 Å². The maximum atomic E-state index is 6.14. The minimum absolute atomic E-state index is 0.508. The summed E-state index contributed by atoms with van der Waals surface area (Å²) in [7, 11) is 1.65. The number of pyridine rings is 1. The Morgan fingerprint density at radius 3 is 2.89 bits per heavy atom. The van der Waals surface area contributed by atoms with Gasteiger partial charge in [0.15, 0.2) is 5.15 Å². The van der Waals surface area contributed by atoms with Gasteiger partial charge in [-0.15, -0.1) is 0 Å². The lowest BCUT2D eigenvalue weighted by Crippen LogP contribution is -1.89. The highest BCUT2D eigenvalue weighted by Gasteiger charge is 2.10. The van der Waals surface area contributed by atoms with Crippen LogP contribution in [0.4, 0.5) is 0 Å². The van der Waals surface area contributed by atoms with Crippen LogP contribution < -0.4 is 4.74 Å². The van der Waals surface area contributed by atoms with Crippen LogP contribution in [0.1, 0.15) is 0 Å². The Balaban J connectivity index is 2.25. The lowest BCUT2D eigenvalue weighted by Gasteiger charge is -2.03. The standard InChI is InChI=1S/C14H11ClN2O/c1-18-11-6-4-5-10(9-11)14-16-13(15)12-7-2-3-8-17(12)14/h2-9H,1H3. The molecule has 4 heteroatoms. The Kier molecular flexibility index (Phi) is 2.68. The normalized spacial score (nSPS) is 10.8. The van der Waals surface area contributed by atoms with Crippen LogP contribution >= 0.6 is 11.6 Å². The summed E-state index contributed by atoms with van der Waals surface area (Å²) in [5.41, 5.74) is 1.87. The average Bonchev–Trinajstić information content (AvgIpc) is 2.77. The van der Waals surface area contributed by atoms with Crippen molar-refractivity contribution in [2.75, 3.05) is 7.11 Å². The summed E-state index contributed by atoms with van der Waals surface area (Å²) in [6.45, 7) is 0. The van der Waals surface area contributed by atoms with E-state index in [1.165, 1.54) is 0 Å². The number of imidazole rings is 1. The first-order valence-corrected chi connectivity index (χ1v) is 5.94. The highest BCUT2D eigenvalue weighted by Crippen LogP contribution is 2.27. The van der Waals surface area contributed by atoms with Crippen LogP contribution in [0.3, 0.4) is 0 Å². The highest BCUT2D eigenvalue weighted by molar-refractivity contribution is 6.32. The largest absolute Gasteiger partial charge is 0.497 e. The molecule has 0 spiro atoms. The second-order valence-corrected chi connectivity index (χ2v) is 4.27. The van der Waals surface area contributed by atoms with Crippen LogP contribution in [0.5, 0.6) is 5.75 Å². The molecule has 0 aliphatic rings. The zero-order valence-electron chi connectivity index (χ0n) is 9.80. The molecule has 0 atom stereocenters. The van der Waals surface area contributed by atoms with Gasteiger partial charge >= 0.3 is 0 Å². The molecule has 90 valence electrons. The molecule has 3 aromatic rings. The molecule has 0 aliphatic carbocycles. The molecule has 0 N–H and O–H groups in total. The van der Waals surface area contributed by atoms with E-state index in [0.717, 1.165) is 22.7 Å². The van der Waals surface area contributed by atoms with E-state index in [4.69, 9.17) is 16.3 Å². The molecule has 3 rings (SSSR count). The second-order valence-electron chi connectivity index (χ2n) is 3.91. The topological polar surface area (TPSA) is 26.5 Å². The minimum Gasteiger partial charge on any atom is -0.497 e. The quantitative estimate of drug-likeness (QED) is 0.701. The van der Waals surface area contributed by atoms with Crippen LogP contribution in [0.2, 0.25) is 5.15 Å². The van der Waals surface area contributed by atoms with E-state index < -0.39 is 0 Å². The van der Waals surface area contributed by atoms with Gasteiger partial charge in [0.05, 0.1) is 12.6 Å². The van der Waals surface area contributed by atoms with Crippen molar-refractivity contribution in [2.24, 2.45) is 0 Å². The van der Waals surface area contributed by atoms with E-state index in [0.29, 0.717) is 5.15 Å². The van der Waals surface area contributed by atoms with E-state index >= 15 is 0 Å². The van der Waals surface area contributed by atoms with Gasteiger partial charge in [0.25, 0.3) is 0 Å². The summed E-state index contributed by atoms with van der Waals surface area (Å²) in [5.74, 6) is 1.62. The number of rotatable bonds is 2. The molecule has 0 radical (unpaired) electrons. The van der Waals surface area contributed by atoms with Gasteiger partial charge in [-0.05, 0) is 24.3 Å². The lowest BCUT2D eigenvalue weighted by atomic mass is 10.2. The van der Waals surface area contributed by atoms with Crippen LogP contribution in [0.25, 0.3) is 16.9 Å². The molecule has 18 heavy (non-hydrogen) atoms. The third-order valence-corrected chi connectivity index (χ3v) is 3.11. The molecule has 0 saturated heterocycles. The van der Waals surface area contributed by atoms with E-state index in [1.54, 1.807) is 7.11 Å². The zero-order chi connectivity index (χ0) is 12.5. The highest BCUT2D eigenvalue weighted by atomic mass is 35.5. The van der Waals surface area contributed by atoms with Gasteiger partial charge in [-0.3, -0.25) is 4.40 Å². The smallest absolute Gasteiger partial charge is 0.155 e. The maximum Gasteiger partial charge on any atom is 0.155 e. The molecule has 0 bridgehead atoms. The van der Waals surface area contributed by atoms with Gasteiger partial charge in [0.2, 0.25) is 0 Å². The van der Waals surface area contributed by atoms with Gasteiger partial charge < -0.3 is 4.74 Å². The summed E-state index contributed by atoms with van der Waals surface area (Å²) in [5, 5.41) is 0.508. The first-order chi connectivity index (χ1) is 8.79. The predicted octanol–water partition coefficient (Wildman–Crippen LogP) is 3.66.